The summed E-state index contributed by atoms with van der Waals surface area (Å²) in [6.45, 7) is 1.41. The van der Waals surface area contributed by atoms with Crippen molar-refractivity contribution in [1.82, 2.24) is 4.90 Å². The molecule has 6 nitrogen and oxygen atoms in total. The number of fused-ring (bicyclic) bond motifs is 5. The summed E-state index contributed by atoms with van der Waals surface area (Å²) in [7, 11) is 1.51. The number of amides is 1. The Kier molecular flexibility index (Phi) is 3.17. The average molecular weight is 276 g/mol. The zero-order valence-electron chi connectivity index (χ0n) is 11.2. The molecule has 1 amide bonds. The minimum atomic E-state index is -0.365. The van der Waals surface area contributed by atoms with Crippen LogP contribution in [0, 0.1) is 10.1 Å². The average Bonchev–Trinajstić information content (AvgIpc) is 2.70. The van der Waals surface area contributed by atoms with Crippen molar-refractivity contribution in [3.63, 3.8) is 0 Å². The summed E-state index contributed by atoms with van der Waals surface area (Å²) < 4.78 is 4.89. The van der Waals surface area contributed by atoms with Crippen molar-refractivity contribution in [2.24, 2.45) is 0 Å². The number of hydrogen-bond acceptors (Lipinski definition) is 4. The minimum Gasteiger partial charge on any atom is -0.375 e. The number of benzene rings is 1. The third kappa shape index (κ3) is 2.06. The molecule has 0 N–H and O–H groups in total. The zero-order chi connectivity index (χ0) is 14.3. The van der Waals surface area contributed by atoms with E-state index in [1.54, 1.807) is 12.1 Å². The molecule has 0 radical (unpaired) electrons. The van der Waals surface area contributed by atoms with Gasteiger partial charge in [0, 0.05) is 44.2 Å². The highest BCUT2D eigenvalue weighted by atomic mass is 16.6. The van der Waals surface area contributed by atoms with E-state index in [1.165, 1.54) is 7.11 Å². The van der Waals surface area contributed by atoms with Gasteiger partial charge in [0.2, 0.25) is 5.91 Å². The fourth-order valence-corrected chi connectivity index (χ4v) is 3.37. The van der Waals surface area contributed by atoms with Gasteiger partial charge in [0.1, 0.15) is 6.61 Å². The first-order chi connectivity index (χ1) is 9.60. The number of nitrogens with zero attached hydrogens (tertiary/aromatic N) is 2. The molecule has 2 atom stereocenters. The molecular formula is C14H16N2O4. The maximum Gasteiger partial charge on any atom is 0.269 e. The molecule has 6 heteroatoms. The quantitative estimate of drug-likeness (QED) is 0.621. The molecule has 0 saturated carbocycles. The van der Waals surface area contributed by atoms with Crippen molar-refractivity contribution in [2.45, 2.75) is 18.3 Å². The molecule has 1 saturated heterocycles. The van der Waals surface area contributed by atoms with Crippen molar-refractivity contribution in [1.29, 1.82) is 0 Å². The molecule has 1 aliphatic heterocycles. The standard InChI is InChI=1S/C14H16N2O4/c1-20-8-14(17)15-6-9-4-10(7-15)13-5-11(16(18)19)2-3-12(9)13/h2-3,5,9-10H,4,6-8H2,1H3/t9-,10+/m1/s1. The van der Waals surface area contributed by atoms with E-state index in [2.05, 4.69) is 0 Å². The van der Waals surface area contributed by atoms with E-state index in [9.17, 15) is 14.9 Å². The number of ether oxygens (including phenoxy) is 1. The Morgan fingerprint density at radius 2 is 2.10 bits per heavy atom. The molecule has 1 heterocycles. The number of rotatable bonds is 3. The van der Waals surface area contributed by atoms with Crippen LogP contribution >= 0.6 is 0 Å². The Morgan fingerprint density at radius 1 is 1.40 bits per heavy atom. The molecule has 1 aromatic rings. The second kappa shape index (κ2) is 4.86. The SMILES string of the molecule is COCC(=O)N1C[C@H]2C[C@@H](C1)c1cc([N+](=O)[O-])ccc12. The fourth-order valence-electron chi connectivity index (χ4n) is 3.37. The Morgan fingerprint density at radius 3 is 2.75 bits per heavy atom. The molecule has 1 fully saturated rings. The van der Waals surface area contributed by atoms with E-state index in [1.807, 2.05) is 11.0 Å². The number of carbonyl (C=O) groups excluding carboxylic acids is 1. The number of hydrogen-bond donors (Lipinski definition) is 0. The number of non-ortho nitro benzene ring substituents is 1. The summed E-state index contributed by atoms with van der Waals surface area (Å²) in [5.41, 5.74) is 2.33. The summed E-state index contributed by atoms with van der Waals surface area (Å²) >= 11 is 0. The predicted octanol–water partition coefficient (Wildman–Crippen LogP) is 1.65. The van der Waals surface area contributed by atoms with Gasteiger partial charge in [-0.1, -0.05) is 6.07 Å². The highest BCUT2D eigenvalue weighted by molar-refractivity contribution is 5.78. The van der Waals surface area contributed by atoms with Crippen LogP contribution in [0.1, 0.15) is 29.4 Å². The van der Waals surface area contributed by atoms with Crippen LogP contribution in [-0.2, 0) is 9.53 Å². The first-order valence-corrected chi connectivity index (χ1v) is 6.65. The Balaban J connectivity index is 1.87. The van der Waals surface area contributed by atoms with Gasteiger partial charge in [-0.3, -0.25) is 14.9 Å². The normalized spacial score (nSPS) is 23.6. The van der Waals surface area contributed by atoms with Crippen LogP contribution in [0.3, 0.4) is 0 Å². The van der Waals surface area contributed by atoms with Gasteiger partial charge in [0.15, 0.2) is 0 Å². The van der Waals surface area contributed by atoms with Gasteiger partial charge < -0.3 is 9.64 Å². The van der Waals surface area contributed by atoms with Crippen LogP contribution in [0.25, 0.3) is 0 Å². The number of methoxy groups -OCH3 is 1. The first kappa shape index (κ1) is 13.1. The molecule has 0 unspecified atom stereocenters. The minimum absolute atomic E-state index is 0.00972. The molecule has 2 aliphatic rings. The predicted molar refractivity (Wildman–Crippen MR) is 71.7 cm³/mol. The van der Waals surface area contributed by atoms with Crippen molar-refractivity contribution in [3.05, 3.63) is 39.4 Å². The lowest BCUT2D eigenvalue weighted by Gasteiger charge is -2.32. The topological polar surface area (TPSA) is 72.7 Å². The molecule has 0 aromatic heterocycles. The van der Waals surface area contributed by atoms with Gasteiger partial charge in [0.25, 0.3) is 5.69 Å². The summed E-state index contributed by atoms with van der Waals surface area (Å²) in [5, 5.41) is 10.9. The third-order valence-corrected chi connectivity index (χ3v) is 4.23. The fraction of sp³-hybridized carbons (Fsp3) is 0.500. The maximum absolute atomic E-state index is 11.9. The third-order valence-electron chi connectivity index (χ3n) is 4.23. The van der Waals surface area contributed by atoms with Crippen LogP contribution in [0.4, 0.5) is 5.69 Å². The summed E-state index contributed by atoms with van der Waals surface area (Å²) in [4.78, 5) is 24.3. The molecule has 1 aromatic carbocycles. The molecule has 3 rings (SSSR count). The molecule has 20 heavy (non-hydrogen) atoms. The summed E-state index contributed by atoms with van der Waals surface area (Å²) in [5.74, 6) is 0.499. The monoisotopic (exact) mass is 276 g/mol. The molecular weight excluding hydrogens is 260 g/mol. The number of nitro benzene ring substituents is 1. The summed E-state index contributed by atoms with van der Waals surface area (Å²) in [6, 6.07) is 5.08. The maximum atomic E-state index is 11.9. The molecule has 106 valence electrons. The lowest BCUT2D eigenvalue weighted by Crippen LogP contribution is -2.41. The summed E-state index contributed by atoms with van der Waals surface area (Å²) in [6.07, 6.45) is 0.979. The highest BCUT2D eigenvalue weighted by Gasteiger charge is 2.39. The van der Waals surface area contributed by atoms with E-state index in [-0.39, 0.29) is 29.0 Å². The first-order valence-electron chi connectivity index (χ1n) is 6.65. The Labute approximate surface area is 116 Å². The number of likely N-dealkylation sites (tertiary alicyclic amines) is 1. The van der Waals surface area contributed by atoms with E-state index in [4.69, 9.17) is 4.74 Å². The van der Waals surface area contributed by atoms with Crippen LogP contribution in [0.15, 0.2) is 18.2 Å². The van der Waals surface area contributed by atoms with Gasteiger partial charge in [-0.2, -0.15) is 0 Å². The van der Waals surface area contributed by atoms with Crippen LogP contribution in [-0.4, -0.2) is 42.5 Å². The Hall–Kier alpha value is -1.95. The van der Waals surface area contributed by atoms with Crippen molar-refractivity contribution >= 4 is 11.6 Å². The van der Waals surface area contributed by atoms with Crippen molar-refractivity contribution in [3.8, 4) is 0 Å². The zero-order valence-corrected chi connectivity index (χ0v) is 11.2. The van der Waals surface area contributed by atoms with Gasteiger partial charge in [-0.25, -0.2) is 0 Å². The van der Waals surface area contributed by atoms with Crippen LogP contribution in [0.5, 0.6) is 0 Å². The number of nitro groups is 1. The van der Waals surface area contributed by atoms with Gasteiger partial charge in [0.05, 0.1) is 4.92 Å². The van der Waals surface area contributed by atoms with Crippen molar-refractivity contribution in [2.75, 3.05) is 26.8 Å². The molecule has 1 aliphatic carbocycles. The van der Waals surface area contributed by atoms with E-state index in [0.29, 0.717) is 19.0 Å². The second-order valence-electron chi connectivity index (χ2n) is 5.43. The number of piperidine rings is 1. The lowest BCUT2D eigenvalue weighted by molar-refractivity contribution is -0.384. The lowest BCUT2D eigenvalue weighted by atomic mass is 9.96. The molecule has 2 bridgehead atoms. The van der Waals surface area contributed by atoms with E-state index >= 15 is 0 Å². The van der Waals surface area contributed by atoms with E-state index in [0.717, 1.165) is 17.5 Å². The van der Waals surface area contributed by atoms with Gasteiger partial charge in [-0.15, -0.1) is 0 Å². The Bertz CT molecular complexity index is 572. The highest BCUT2D eigenvalue weighted by Crippen LogP contribution is 2.46. The second-order valence-corrected chi connectivity index (χ2v) is 5.43. The van der Waals surface area contributed by atoms with Gasteiger partial charge in [-0.05, 0) is 17.5 Å². The van der Waals surface area contributed by atoms with Crippen molar-refractivity contribution < 1.29 is 14.5 Å². The smallest absolute Gasteiger partial charge is 0.269 e. The molecule has 0 spiro atoms. The largest absolute Gasteiger partial charge is 0.375 e. The van der Waals surface area contributed by atoms with Crippen LogP contribution < -0.4 is 0 Å². The van der Waals surface area contributed by atoms with E-state index < -0.39 is 0 Å². The van der Waals surface area contributed by atoms with Crippen LogP contribution in [0.2, 0.25) is 0 Å². The number of carbonyl (C=O) groups is 1. The van der Waals surface area contributed by atoms with Gasteiger partial charge >= 0.3 is 0 Å².